The number of carbonyl (C=O) groups excluding carboxylic acids is 1. The van der Waals surface area contributed by atoms with Gasteiger partial charge in [0, 0.05) is 24.0 Å². The summed E-state index contributed by atoms with van der Waals surface area (Å²) in [6.45, 7) is 5.92. The van der Waals surface area contributed by atoms with Crippen LogP contribution in [0.1, 0.15) is 35.1 Å². The maximum atomic E-state index is 12.5. The average molecular weight is 362 g/mol. The fourth-order valence-corrected chi connectivity index (χ4v) is 3.82. The first-order chi connectivity index (χ1) is 13.2. The van der Waals surface area contributed by atoms with E-state index in [9.17, 15) is 4.79 Å². The number of rotatable bonds is 6. The quantitative estimate of drug-likeness (QED) is 0.715. The normalized spacial score (nSPS) is 14.7. The van der Waals surface area contributed by atoms with Crippen LogP contribution >= 0.6 is 0 Å². The van der Waals surface area contributed by atoms with Gasteiger partial charge in [-0.05, 0) is 55.6 Å². The number of fused-ring (bicyclic) bond motifs is 1. The van der Waals surface area contributed by atoms with Crippen molar-refractivity contribution in [3.8, 4) is 0 Å². The summed E-state index contributed by atoms with van der Waals surface area (Å²) < 4.78 is 5.60. The van der Waals surface area contributed by atoms with E-state index in [0.717, 1.165) is 28.6 Å². The van der Waals surface area contributed by atoms with Crippen LogP contribution in [0.4, 0.5) is 0 Å². The molecule has 4 nitrogen and oxygen atoms in total. The number of amides is 1. The minimum atomic E-state index is 0.0225. The van der Waals surface area contributed by atoms with E-state index in [-0.39, 0.29) is 5.91 Å². The van der Waals surface area contributed by atoms with Gasteiger partial charge in [-0.2, -0.15) is 0 Å². The lowest BCUT2D eigenvalue weighted by atomic mass is 10.1. The monoisotopic (exact) mass is 362 g/mol. The van der Waals surface area contributed by atoms with Gasteiger partial charge >= 0.3 is 0 Å². The summed E-state index contributed by atoms with van der Waals surface area (Å²) in [5, 5.41) is 4.10. The predicted molar refractivity (Wildman–Crippen MR) is 107 cm³/mol. The van der Waals surface area contributed by atoms with Crippen LogP contribution in [0.2, 0.25) is 0 Å². The molecule has 27 heavy (non-hydrogen) atoms. The van der Waals surface area contributed by atoms with E-state index in [2.05, 4.69) is 28.4 Å². The van der Waals surface area contributed by atoms with Gasteiger partial charge < -0.3 is 9.73 Å². The average Bonchev–Trinajstić information content (AvgIpc) is 3.31. The Hall–Kier alpha value is -2.59. The Bertz CT molecular complexity index is 938. The van der Waals surface area contributed by atoms with Gasteiger partial charge in [-0.25, -0.2) is 0 Å². The second kappa shape index (κ2) is 7.97. The summed E-state index contributed by atoms with van der Waals surface area (Å²) in [6.07, 6.45) is 4.61. The van der Waals surface area contributed by atoms with Crippen molar-refractivity contribution in [2.45, 2.75) is 39.3 Å². The molecule has 1 amide bonds. The van der Waals surface area contributed by atoms with Gasteiger partial charge in [0.15, 0.2) is 0 Å². The highest BCUT2D eigenvalue weighted by atomic mass is 16.3. The molecular weight excluding hydrogens is 336 g/mol. The molecule has 1 aliphatic heterocycles. The second-order valence-electron chi connectivity index (χ2n) is 7.47. The van der Waals surface area contributed by atoms with E-state index in [4.69, 9.17) is 4.42 Å². The molecule has 4 rings (SSSR count). The molecule has 1 N–H and O–H groups in total. The van der Waals surface area contributed by atoms with Gasteiger partial charge in [0.2, 0.25) is 5.91 Å². The van der Waals surface area contributed by atoms with Gasteiger partial charge in [0.25, 0.3) is 0 Å². The predicted octanol–water partition coefficient (Wildman–Crippen LogP) is 4.20. The smallest absolute Gasteiger partial charge is 0.224 e. The third kappa shape index (κ3) is 4.22. The molecule has 2 aromatic carbocycles. The van der Waals surface area contributed by atoms with Gasteiger partial charge in [0.1, 0.15) is 5.58 Å². The van der Waals surface area contributed by atoms with Crippen molar-refractivity contribution in [1.82, 2.24) is 10.2 Å². The third-order valence-corrected chi connectivity index (χ3v) is 5.35. The zero-order valence-electron chi connectivity index (χ0n) is 15.8. The van der Waals surface area contributed by atoms with E-state index >= 15 is 0 Å². The maximum Gasteiger partial charge on any atom is 0.224 e. The molecule has 0 unspecified atom stereocenters. The first-order valence-corrected chi connectivity index (χ1v) is 9.71. The number of furan rings is 1. The van der Waals surface area contributed by atoms with Crippen LogP contribution in [0.25, 0.3) is 11.0 Å². The molecule has 2 heterocycles. The molecule has 0 saturated carbocycles. The minimum Gasteiger partial charge on any atom is -0.464 e. The third-order valence-electron chi connectivity index (χ3n) is 5.35. The standard InChI is InChI=1S/C23H26N2O2/c1-17-8-9-21-20(16-27-22(21)12-17)13-23(26)24-14-18-6-2-3-7-19(18)15-25-10-4-5-11-25/h2-3,6-9,12,16H,4-5,10-11,13-15H2,1H3,(H,24,26). The zero-order chi connectivity index (χ0) is 18.6. The molecular formula is C23H26N2O2. The molecule has 140 valence electrons. The van der Waals surface area contributed by atoms with Gasteiger partial charge in [-0.3, -0.25) is 9.69 Å². The van der Waals surface area contributed by atoms with Crippen molar-refractivity contribution >= 4 is 16.9 Å². The summed E-state index contributed by atoms with van der Waals surface area (Å²) in [5.41, 5.74) is 5.44. The summed E-state index contributed by atoms with van der Waals surface area (Å²) in [7, 11) is 0. The van der Waals surface area contributed by atoms with Crippen molar-refractivity contribution in [3.63, 3.8) is 0 Å². The van der Waals surface area contributed by atoms with Crippen molar-refractivity contribution in [3.05, 3.63) is 71.0 Å². The number of benzene rings is 2. The molecule has 1 saturated heterocycles. The zero-order valence-corrected chi connectivity index (χ0v) is 15.8. The van der Waals surface area contributed by atoms with Crippen LogP contribution in [-0.4, -0.2) is 23.9 Å². The number of aryl methyl sites for hydroxylation is 1. The number of carbonyl (C=O) groups is 1. The molecule has 4 heteroatoms. The largest absolute Gasteiger partial charge is 0.464 e. The Morgan fingerprint density at radius 1 is 1.07 bits per heavy atom. The maximum absolute atomic E-state index is 12.5. The van der Waals surface area contributed by atoms with Gasteiger partial charge in [-0.1, -0.05) is 36.4 Å². The SMILES string of the molecule is Cc1ccc2c(CC(=O)NCc3ccccc3CN3CCCC3)coc2c1. The summed E-state index contributed by atoms with van der Waals surface area (Å²) in [5.74, 6) is 0.0225. The Morgan fingerprint density at radius 3 is 2.67 bits per heavy atom. The first kappa shape index (κ1) is 17.8. The van der Waals surface area contributed by atoms with E-state index < -0.39 is 0 Å². The molecule has 0 spiro atoms. The summed E-state index contributed by atoms with van der Waals surface area (Å²) in [6, 6.07) is 14.5. The van der Waals surface area contributed by atoms with Crippen molar-refractivity contribution < 1.29 is 9.21 Å². The van der Waals surface area contributed by atoms with Crippen LogP contribution < -0.4 is 5.32 Å². The van der Waals surface area contributed by atoms with Gasteiger partial charge in [-0.15, -0.1) is 0 Å². The fraction of sp³-hybridized carbons (Fsp3) is 0.348. The highest BCUT2D eigenvalue weighted by Gasteiger charge is 2.14. The summed E-state index contributed by atoms with van der Waals surface area (Å²) in [4.78, 5) is 15.0. The molecule has 0 radical (unpaired) electrons. The Kier molecular flexibility index (Phi) is 5.26. The van der Waals surface area contributed by atoms with E-state index in [1.54, 1.807) is 6.26 Å². The minimum absolute atomic E-state index is 0.0225. The van der Waals surface area contributed by atoms with Crippen LogP contribution in [0, 0.1) is 6.92 Å². The highest BCUT2D eigenvalue weighted by Crippen LogP contribution is 2.23. The molecule has 1 aliphatic rings. The second-order valence-corrected chi connectivity index (χ2v) is 7.47. The van der Waals surface area contributed by atoms with E-state index in [0.29, 0.717) is 13.0 Å². The van der Waals surface area contributed by atoms with Crippen LogP contribution in [0.15, 0.2) is 53.1 Å². The van der Waals surface area contributed by atoms with E-state index in [1.165, 1.54) is 37.1 Å². The summed E-state index contributed by atoms with van der Waals surface area (Å²) >= 11 is 0. The fourth-order valence-electron chi connectivity index (χ4n) is 3.82. The lowest BCUT2D eigenvalue weighted by Gasteiger charge is -2.17. The van der Waals surface area contributed by atoms with Gasteiger partial charge in [0.05, 0.1) is 12.7 Å². The molecule has 0 aliphatic carbocycles. The number of nitrogens with zero attached hydrogens (tertiary/aromatic N) is 1. The topological polar surface area (TPSA) is 45.5 Å². The van der Waals surface area contributed by atoms with Crippen LogP contribution in [0.5, 0.6) is 0 Å². The lowest BCUT2D eigenvalue weighted by Crippen LogP contribution is -2.26. The van der Waals surface area contributed by atoms with Crippen molar-refractivity contribution in [1.29, 1.82) is 0 Å². The van der Waals surface area contributed by atoms with E-state index in [1.807, 2.05) is 31.2 Å². The number of nitrogens with one attached hydrogen (secondary N) is 1. The number of hydrogen-bond donors (Lipinski definition) is 1. The first-order valence-electron chi connectivity index (χ1n) is 9.71. The molecule has 3 aromatic rings. The van der Waals surface area contributed by atoms with Crippen molar-refractivity contribution in [2.75, 3.05) is 13.1 Å². The van der Waals surface area contributed by atoms with Crippen molar-refractivity contribution in [2.24, 2.45) is 0 Å². The number of hydrogen-bond acceptors (Lipinski definition) is 3. The molecule has 1 aromatic heterocycles. The van der Waals surface area contributed by atoms with Crippen LogP contribution in [-0.2, 0) is 24.3 Å². The molecule has 0 atom stereocenters. The Labute approximate surface area is 160 Å². The van der Waals surface area contributed by atoms with Crippen LogP contribution in [0.3, 0.4) is 0 Å². The highest BCUT2D eigenvalue weighted by molar-refractivity contribution is 5.87. The Morgan fingerprint density at radius 2 is 1.85 bits per heavy atom. The Balaban J connectivity index is 1.39. The lowest BCUT2D eigenvalue weighted by molar-refractivity contribution is -0.120. The molecule has 1 fully saturated rings. The molecule has 0 bridgehead atoms. The number of likely N-dealkylation sites (tertiary alicyclic amines) is 1.